The number of carbonyl (C=O) groups excluding carboxylic acids is 1. The number of nitrogens with zero attached hydrogens (tertiary/aromatic N) is 1. The second kappa shape index (κ2) is 4.72. The molecule has 0 aromatic carbocycles. The first-order valence-corrected chi connectivity index (χ1v) is 5.16. The van der Waals surface area contributed by atoms with Crippen LogP contribution in [0.15, 0.2) is 18.3 Å². The zero-order valence-electron chi connectivity index (χ0n) is 7.13. The molecule has 1 rings (SSSR count). The van der Waals surface area contributed by atoms with Crippen molar-refractivity contribution in [2.75, 3.05) is 0 Å². The summed E-state index contributed by atoms with van der Waals surface area (Å²) in [5.74, 6) is 0.120. The summed E-state index contributed by atoms with van der Waals surface area (Å²) in [4.78, 5) is 15.2. The van der Waals surface area contributed by atoms with Crippen molar-refractivity contribution in [1.82, 2.24) is 4.98 Å². The van der Waals surface area contributed by atoms with E-state index in [1.165, 1.54) is 0 Å². The van der Waals surface area contributed by atoms with Crippen LogP contribution >= 0.6 is 27.5 Å². The van der Waals surface area contributed by atoms with Gasteiger partial charge in [0.05, 0.1) is 9.85 Å². The Kier molecular flexibility index (Phi) is 3.88. The molecule has 1 aromatic rings. The molecule has 1 atom stereocenters. The summed E-state index contributed by atoms with van der Waals surface area (Å²) in [6, 6.07) is 3.49. The summed E-state index contributed by atoms with van der Waals surface area (Å²) in [6.45, 7) is 1.80. The van der Waals surface area contributed by atoms with Crippen LogP contribution < -0.4 is 0 Å². The number of alkyl halides is 1. The molecule has 70 valence electrons. The molecule has 4 heteroatoms. The molecule has 0 amide bonds. The van der Waals surface area contributed by atoms with Crippen molar-refractivity contribution in [2.45, 2.75) is 18.2 Å². The highest BCUT2D eigenvalue weighted by Gasteiger charge is 2.09. The number of carbonyl (C=O) groups is 1. The molecular weight excluding hydrogens is 253 g/mol. The molecule has 2 nitrogen and oxygen atoms in total. The normalized spacial score (nSPS) is 12.5. The molecule has 1 unspecified atom stereocenters. The molecule has 1 heterocycles. The van der Waals surface area contributed by atoms with Gasteiger partial charge in [-0.1, -0.05) is 27.5 Å². The molecule has 0 fully saturated rings. The topological polar surface area (TPSA) is 30.0 Å². The predicted molar refractivity (Wildman–Crippen MR) is 56.3 cm³/mol. The van der Waals surface area contributed by atoms with E-state index in [2.05, 4.69) is 20.9 Å². The van der Waals surface area contributed by atoms with E-state index in [-0.39, 0.29) is 10.6 Å². The van der Waals surface area contributed by atoms with E-state index in [1.807, 2.05) is 0 Å². The van der Waals surface area contributed by atoms with Crippen molar-refractivity contribution in [3.8, 4) is 0 Å². The van der Waals surface area contributed by atoms with E-state index in [4.69, 9.17) is 11.6 Å². The fourth-order valence-corrected chi connectivity index (χ4v) is 1.10. The average Bonchev–Trinajstić information content (AvgIpc) is 2.08. The second-order valence-electron chi connectivity index (χ2n) is 2.73. The van der Waals surface area contributed by atoms with Crippen molar-refractivity contribution < 1.29 is 4.79 Å². The van der Waals surface area contributed by atoms with Gasteiger partial charge in [-0.05, 0) is 19.1 Å². The van der Waals surface area contributed by atoms with Crippen molar-refractivity contribution >= 4 is 33.3 Å². The lowest BCUT2D eigenvalue weighted by molar-refractivity contribution is -0.117. The third-order valence-electron chi connectivity index (χ3n) is 1.59. The van der Waals surface area contributed by atoms with Gasteiger partial charge in [-0.15, -0.1) is 0 Å². The Hall–Kier alpha value is -0.410. The largest absolute Gasteiger partial charge is 0.298 e. The zero-order valence-corrected chi connectivity index (χ0v) is 9.47. The fraction of sp³-hybridized carbons (Fsp3) is 0.333. The first-order chi connectivity index (χ1) is 6.09. The van der Waals surface area contributed by atoms with Crippen LogP contribution in [0.5, 0.6) is 0 Å². The number of pyridine rings is 1. The monoisotopic (exact) mass is 261 g/mol. The van der Waals surface area contributed by atoms with Crippen molar-refractivity contribution in [3.05, 3.63) is 29.0 Å². The van der Waals surface area contributed by atoms with Gasteiger partial charge < -0.3 is 0 Å². The lowest BCUT2D eigenvalue weighted by atomic mass is 10.2. The Labute approximate surface area is 90.4 Å². The molecule has 0 aliphatic heterocycles. The minimum atomic E-state index is -0.120. The molecule has 0 radical (unpaired) electrons. The quantitative estimate of drug-likeness (QED) is 0.784. The molecule has 0 spiro atoms. The average molecular weight is 263 g/mol. The Balaban J connectivity index is 2.65. The second-order valence-corrected chi connectivity index (χ2v) is 4.54. The van der Waals surface area contributed by atoms with Crippen LogP contribution in [-0.2, 0) is 11.2 Å². The van der Waals surface area contributed by atoms with Crippen LogP contribution in [-0.4, -0.2) is 15.6 Å². The van der Waals surface area contributed by atoms with Gasteiger partial charge in [0, 0.05) is 18.3 Å². The van der Waals surface area contributed by atoms with E-state index in [9.17, 15) is 4.79 Å². The van der Waals surface area contributed by atoms with E-state index in [0.717, 1.165) is 5.69 Å². The SMILES string of the molecule is CC(Br)C(=O)Cc1ccc(Cl)cn1. The van der Waals surface area contributed by atoms with Gasteiger partial charge in [-0.2, -0.15) is 0 Å². The summed E-state index contributed by atoms with van der Waals surface area (Å²) in [5.41, 5.74) is 0.751. The van der Waals surface area contributed by atoms with Crippen LogP contribution in [0.2, 0.25) is 5.02 Å². The van der Waals surface area contributed by atoms with Crippen molar-refractivity contribution in [2.24, 2.45) is 0 Å². The van der Waals surface area contributed by atoms with Gasteiger partial charge in [-0.3, -0.25) is 9.78 Å². The number of ketones is 1. The number of Topliss-reactive ketones (excluding diaryl/α,β-unsaturated/α-hetero) is 1. The summed E-state index contributed by atoms with van der Waals surface area (Å²) in [7, 11) is 0. The van der Waals surface area contributed by atoms with Gasteiger partial charge in [-0.25, -0.2) is 0 Å². The lowest BCUT2D eigenvalue weighted by Gasteiger charge is -2.01. The maximum absolute atomic E-state index is 11.3. The summed E-state index contributed by atoms with van der Waals surface area (Å²) in [6.07, 6.45) is 1.90. The number of rotatable bonds is 3. The number of halogens is 2. The first-order valence-electron chi connectivity index (χ1n) is 3.87. The van der Waals surface area contributed by atoms with E-state index >= 15 is 0 Å². The standard InChI is InChI=1S/C9H9BrClNO/c1-6(10)9(13)4-8-3-2-7(11)5-12-8/h2-3,5-6H,4H2,1H3. The van der Waals surface area contributed by atoms with E-state index in [1.54, 1.807) is 25.3 Å². The summed E-state index contributed by atoms with van der Waals surface area (Å²) >= 11 is 8.86. The molecule has 13 heavy (non-hydrogen) atoms. The van der Waals surface area contributed by atoms with Crippen LogP contribution in [0.1, 0.15) is 12.6 Å². The maximum Gasteiger partial charge on any atom is 0.152 e. The third kappa shape index (κ3) is 3.44. The first kappa shape index (κ1) is 10.7. The van der Waals surface area contributed by atoms with Crippen LogP contribution in [0, 0.1) is 0 Å². The fourth-order valence-electron chi connectivity index (χ4n) is 0.830. The molecule has 1 aromatic heterocycles. The third-order valence-corrected chi connectivity index (χ3v) is 2.32. The van der Waals surface area contributed by atoms with E-state index < -0.39 is 0 Å². The minimum Gasteiger partial charge on any atom is -0.298 e. The summed E-state index contributed by atoms with van der Waals surface area (Å²) < 4.78 is 0. The van der Waals surface area contributed by atoms with Gasteiger partial charge in [0.1, 0.15) is 0 Å². The van der Waals surface area contributed by atoms with Crippen molar-refractivity contribution in [3.63, 3.8) is 0 Å². The van der Waals surface area contributed by atoms with Gasteiger partial charge in [0.15, 0.2) is 5.78 Å². The molecule has 0 aliphatic rings. The number of hydrogen-bond acceptors (Lipinski definition) is 2. The Morgan fingerprint density at radius 1 is 1.69 bits per heavy atom. The van der Waals surface area contributed by atoms with Crippen LogP contribution in [0.4, 0.5) is 0 Å². The highest BCUT2D eigenvalue weighted by molar-refractivity contribution is 9.10. The van der Waals surface area contributed by atoms with Crippen LogP contribution in [0.25, 0.3) is 0 Å². The Bertz CT molecular complexity index is 297. The smallest absolute Gasteiger partial charge is 0.152 e. The van der Waals surface area contributed by atoms with Crippen molar-refractivity contribution in [1.29, 1.82) is 0 Å². The summed E-state index contributed by atoms with van der Waals surface area (Å²) in [5, 5.41) is 0.586. The molecule has 0 saturated heterocycles. The lowest BCUT2D eigenvalue weighted by Crippen LogP contribution is -2.13. The molecular formula is C9H9BrClNO. The predicted octanol–water partition coefficient (Wildman–Crippen LogP) is 2.63. The minimum absolute atomic E-state index is 0.120. The zero-order chi connectivity index (χ0) is 9.84. The van der Waals surface area contributed by atoms with Gasteiger partial charge in [0.25, 0.3) is 0 Å². The molecule has 0 bridgehead atoms. The Morgan fingerprint density at radius 3 is 2.85 bits per heavy atom. The molecule has 0 N–H and O–H groups in total. The molecule has 0 aliphatic carbocycles. The maximum atomic E-state index is 11.3. The number of hydrogen-bond donors (Lipinski definition) is 0. The Morgan fingerprint density at radius 2 is 2.38 bits per heavy atom. The van der Waals surface area contributed by atoms with Crippen LogP contribution in [0.3, 0.4) is 0 Å². The van der Waals surface area contributed by atoms with E-state index in [0.29, 0.717) is 11.4 Å². The number of aromatic nitrogens is 1. The highest BCUT2D eigenvalue weighted by atomic mass is 79.9. The molecule has 0 saturated carbocycles. The van der Waals surface area contributed by atoms with Gasteiger partial charge >= 0.3 is 0 Å². The van der Waals surface area contributed by atoms with Gasteiger partial charge in [0.2, 0.25) is 0 Å². The highest BCUT2D eigenvalue weighted by Crippen LogP contribution is 2.09.